The molecule has 1 aromatic carbocycles. The van der Waals surface area contributed by atoms with E-state index in [2.05, 4.69) is 10.2 Å². The molecule has 0 aromatic heterocycles. The van der Waals surface area contributed by atoms with Gasteiger partial charge in [0.2, 0.25) is 5.91 Å². The Balaban J connectivity index is 0.00000242. The Morgan fingerprint density at radius 3 is 2.39 bits per heavy atom. The summed E-state index contributed by atoms with van der Waals surface area (Å²) in [5, 5.41) is 2.93. The summed E-state index contributed by atoms with van der Waals surface area (Å²) in [4.78, 5) is 13.6. The fourth-order valence-electron chi connectivity index (χ4n) is 2.60. The number of benzene rings is 1. The van der Waals surface area contributed by atoms with Crippen molar-refractivity contribution in [2.24, 2.45) is 5.73 Å². The molecule has 0 spiro atoms. The zero-order valence-electron chi connectivity index (χ0n) is 13.4. The first-order valence-corrected chi connectivity index (χ1v) is 7.08. The second-order valence-corrected chi connectivity index (χ2v) is 5.21. The van der Waals surface area contributed by atoms with E-state index in [1.165, 1.54) is 0 Å². The van der Waals surface area contributed by atoms with E-state index >= 15 is 0 Å². The van der Waals surface area contributed by atoms with E-state index in [0.29, 0.717) is 0 Å². The van der Waals surface area contributed by atoms with Crippen LogP contribution in [0.15, 0.2) is 18.2 Å². The van der Waals surface area contributed by atoms with Crippen molar-refractivity contribution < 1.29 is 14.3 Å². The van der Waals surface area contributed by atoms with Gasteiger partial charge in [-0.05, 0) is 24.1 Å². The van der Waals surface area contributed by atoms with E-state index in [4.69, 9.17) is 15.2 Å². The highest BCUT2D eigenvalue weighted by atomic mass is 35.5. The van der Waals surface area contributed by atoms with E-state index in [1.54, 1.807) is 14.2 Å². The van der Waals surface area contributed by atoms with Crippen molar-refractivity contribution in [2.45, 2.75) is 19.0 Å². The molecule has 8 heteroatoms. The lowest BCUT2D eigenvalue weighted by molar-refractivity contribution is -0.120. The molecular formula is C15H25Cl2N3O3. The van der Waals surface area contributed by atoms with Crippen LogP contribution in [0.5, 0.6) is 11.5 Å². The Bertz CT molecular complexity index is 481. The van der Waals surface area contributed by atoms with Crippen LogP contribution in [-0.4, -0.2) is 50.7 Å². The zero-order valence-corrected chi connectivity index (χ0v) is 15.0. The number of amides is 1. The van der Waals surface area contributed by atoms with Gasteiger partial charge in [0, 0.05) is 31.7 Å². The molecule has 3 N–H and O–H groups in total. The molecule has 1 aromatic rings. The van der Waals surface area contributed by atoms with Crippen molar-refractivity contribution in [3.8, 4) is 11.5 Å². The quantitative estimate of drug-likeness (QED) is 0.791. The molecule has 1 aliphatic heterocycles. The summed E-state index contributed by atoms with van der Waals surface area (Å²) in [6.07, 6.45) is 0.951. The fourth-order valence-corrected chi connectivity index (χ4v) is 2.60. The number of hydrogen-bond acceptors (Lipinski definition) is 5. The van der Waals surface area contributed by atoms with Crippen molar-refractivity contribution >= 4 is 30.7 Å². The zero-order chi connectivity index (χ0) is 15.2. The van der Waals surface area contributed by atoms with Gasteiger partial charge in [0.25, 0.3) is 0 Å². The van der Waals surface area contributed by atoms with E-state index in [1.807, 2.05) is 18.2 Å². The van der Waals surface area contributed by atoms with E-state index < -0.39 is 0 Å². The normalized spacial score (nSPS) is 16.9. The molecule has 0 saturated carbocycles. The summed E-state index contributed by atoms with van der Waals surface area (Å²) in [6, 6.07) is 6.06. The maximum atomic E-state index is 11.3. The Kier molecular flexibility index (Phi) is 9.99. The van der Waals surface area contributed by atoms with Crippen molar-refractivity contribution in [3.05, 3.63) is 23.8 Å². The molecule has 2 rings (SSSR count). The Hall–Kier alpha value is -1.21. The summed E-state index contributed by atoms with van der Waals surface area (Å²) in [6.45, 7) is 2.65. The molecule has 1 unspecified atom stereocenters. The van der Waals surface area contributed by atoms with Crippen LogP contribution >= 0.6 is 24.8 Å². The number of carbonyl (C=O) groups excluding carboxylic acids is 1. The number of nitrogens with zero attached hydrogens (tertiary/aromatic N) is 1. The van der Waals surface area contributed by atoms with Gasteiger partial charge in [0.1, 0.15) is 11.5 Å². The highest BCUT2D eigenvalue weighted by Crippen LogP contribution is 2.24. The minimum atomic E-state index is -0.0927. The molecule has 0 bridgehead atoms. The minimum Gasteiger partial charge on any atom is -0.497 e. The Labute approximate surface area is 149 Å². The number of carbonyl (C=O) groups is 1. The van der Waals surface area contributed by atoms with Crippen molar-refractivity contribution in [2.75, 3.05) is 33.9 Å². The minimum absolute atomic E-state index is 0. The number of nitrogens with one attached hydrogen (secondary N) is 1. The van der Waals surface area contributed by atoms with Gasteiger partial charge in [-0.3, -0.25) is 9.69 Å². The van der Waals surface area contributed by atoms with Crippen LogP contribution in [0.4, 0.5) is 0 Å². The van der Waals surface area contributed by atoms with Gasteiger partial charge in [-0.15, -0.1) is 24.8 Å². The monoisotopic (exact) mass is 365 g/mol. The number of methoxy groups -OCH3 is 2. The van der Waals surface area contributed by atoms with Gasteiger partial charge in [0.05, 0.1) is 20.8 Å². The molecule has 0 aliphatic carbocycles. The highest BCUT2D eigenvalue weighted by Gasteiger charge is 2.23. The molecule has 1 heterocycles. The molecule has 23 heavy (non-hydrogen) atoms. The van der Waals surface area contributed by atoms with Crippen LogP contribution in [0.3, 0.4) is 0 Å². The molecule has 6 nitrogen and oxygen atoms in total. The fraction of sp³-hybridized carbons (Fsp3) is 0.533. The van der Waals surface area contributed by atoms with Crippen LogP contribution in [0.1, 0.15) is 12.0 Å². The molecule has 1 amide bonds. The lowest BCUT2D eigenvalue weighted by Gasteiger charge is -2.17. The standard InChI is InChI=1S/C15H23N3O3.2ClH/c1-20-13-5-11(6-14(7-13)21-2)9-18-4-3-12(10-18)17-15(19)8-16;;/h5-7,12H,3-4,8-10,16H2,1-2H3,(H,17,19);2*1H. The summed E-state index contributed by atoms with van der Waals surface area (Å²) < 4.78 is 10.6. The first-order valence-electron chi connectivity index (χ1n) is 7.08. The predicted octanol–water partition coefficient (Wildman–Crippen LogP) is 1.20. The van der Waals surface area contributed by atoms with Crippen molar-refractivity contribution in [1.29, 1.82) is 0 Å². The second kappa shape index (κ2) is 10.5. The van der Waals surface area contributed by atoms with Gasteiger partial charge in [-0.2, -0.15) is 0 Å². The average molecular weight is 366 g/mol. The summed E-state index contributed by atoms with van der Waals surface area (Å²) in [5.74, 6) is 1.48. The topological polar surface area (TPSA) is 76.8 Å². The SMILES string of the molecule is COc1cc(CN2CCC(NC(=O)CN)C2)cc(OC)c1.Cl.Cl. The van der Waals surface area contributed by atoms with E-state index in [0.717, 1.165) is 43.1 Å². The average Bonchev–Trinajstić information content (AvgIpc) is 2.93. The largest absolute Gasteiger partial charge is 0.497 e. The van der Waals surface area contributed by atoms with Crippen LogP contribution in [0.25, 0.3) is 0 Å². The van der Waals surface area contributed by atoms with Gasteiger partial charge < -0.3 is 20.5 Å². The van der Waals surface area contributed by atoms with Gasteiger partial charge >= 0.3 is 0 Å². The molecule has 1 atom stereocenters. The molecule has 132 valence electrons. The van der Waals surface area contributed by atoms with Crippen LogP contribution in [0, 0.1) is 0 Å². The third kappa shape index (κ3) is 6.43. The van der Waals surface area contributed by atoms with E-state index in [9.17, 15) is 4.79 Å². The van der Waals surface area contributed by atoms with Crippen LogP contribution in [-0.2, 0) is 11.3 Å². The first kappa shape index (κ1) is 21.8. The summed E-state index contributed by atoms with van der Waals surface area (Å²) in [5.41, 5.74) is 6.45. The number of ether oxygens (including phenoxy) is 2. The molecule has 1 saturated heterocycles. The first-order chi connectivity index (χ1) is 10.1. The van der Waals surface area contributed by atoms with Gasteiger partial charge in [-0.25, -0.2) is 0 Å². The Morgan fingerprint density at radius 2 is 1.87 bits per heavy atom. The summed E-state index contributed by atoms with van der Waals surface area (Å²) >= 11 is 0. The van der Waals surface area contributed by atoms with E-state index in [-0.39, 0.29) is 43.3 Å². The third-order valence-electron chi connectivity index (χ3n) is 3.64. The maximum absolute atomic E-state index is 11.3. The third-order valence-corrected chi connectivity index (χ3v) is 3.64. The molecule has 1 aliphatic rings. The van der Waals surface area contributed by atoms with Crippen LogP contribution in [0.2, 0.25) is 0 Å². The smallest absolute Gasteiger partial charge is 0.233 e. The van der Waals surface area contributed by atoms with Crippen LogP contribution < -0.4 is 20.5 Å². The highest BCUT2D eigenvalue weighted by molar-refractivity contribution is 5.85. The number of nitrogens with two attached hydrogens (primary N) is 1. The number of likely N-dealkylation sites (tertiary alicyclic amines) is 1. The lowest BCUT2D eigenvalue weighted by atomic mass is 10.2. The van der Waals surface area contributed by atoms with Crippen molar-refractivity contribution in [3.63, 3.8) is 0 Å². The van der Waals surface area contributed by atoms with Gasteiger partial charge in [-0.1, -0.05) is 0 Å². The second-order valence-electron chi connectivity index (χ2n) is 5.21. The number of rotatable bonds is 6. The van der Waals surface area contributed by atoms with Crippen molar-refractivity contribution in [1.82, 2.24) is 10.2 Å². The number of hydrogen-bond donors (Lipinski definition) is 2. The summed E-state index contributed by atoms with van der Waals surface area (Å²) in [7, 11) is 3.29. The molecule has 0 radical (unpaired) electrons. The lowest BCUT2D eigenvalue weighted by Crippen LogP contribution is -2.40. The predicted molar refractivity (Wildman–Crippen MR) is 94.9 cm³/mol. The maximum Gasteiger partial charge on any atom is 0.233 e. The Morgan fingerprint density at radius 1 is 1.26 bits per heavy atom. The van der Waals surface area contributed by atoms with Gasteiger partial charge in [0.15, 0.2) is 0 Å². The molecular weight excluding hydrogens is 341 g/mol. The number of halogens is 2. The molecule has 1 fully saturated rings.